The number of piperazine rings is 1. The lowest BCUT2D eigenvalue weighted by Gasteiger charge is -2.33. The van der Waals surface area contributed by atoms with E-state index >= 15 is 0 Å². The van der Waals surface area contributed by atoms with Crippen LogP contribution in [0.4, 0.5) is 14.9 Å². The number of nitrogens with zero attached hydrogens (tertiary/aromatic N) is 3. The van der Waals surface area contributed by atoms with E-state index in [0.717, 1.165) is 24.4 Å². The molecule has 0 radical (unpaired) electrons. The van der Waals surface area contributed by atoms with Crippen LogP contribution in [-0.4, -0.2) is 105 Å². The Labute approximate surface area is 256 Å². The van der Waals surface area contributed by atoms with E-state index in [-0.39, 0.29) is 37.6 Å². The molecule has 1 aromatic carbocycles. The van der Waals surface area contributed by atoms with Gasteiger partial charge in [0.1, 0.15) is 18.0 Å². The highest BCUT2D eigenvalue weighted by Crippen LogP contribution is 2.27. The molecule has 0 saturated carbocycles. The van der Waals surface area contributed by atoms with Crippen LogP contribution < -0.4 is 4.90 Å². The molecule has 1 amide bonds. The number of aliphatic hydroxyl groups is 1. The largest absolute Gasteiger partial charge is 0.457 e. The van der Waals surface area contributed by atoms with Crippen molar-refractivity contribution < 1.29 is 33.3 Å². The summed E-state index contributed by atoms with van der Waals surface area (Å²) in [6.45, 7) is 11.2. The zero-order chi connectivity index (χ0) is 30.2. The van der Waals surface area contributed by atoms with Crippen LogP contribution in [0.3, 0.4) is 0 Å². The zero-order valence-electron chi connectivity index (χ0n) is 25.3. The number of aliphatic hydroxyl groups excluding tert-OH is 1. The van der Waals surface area contributed by atoms with E-state index < -0.39 is 24.3 Å². The minimum Gasteiger partial charge on any atom is -0.457 e. The molecule has 43 heavy (non-hydrogen) atoms. The zero-order valence-corrected chi connectivity index (χ0v) is 25.3. The Kier molecular flexibility index (Phi) is 13.0. The fourth-order valence-electron chi connectivity index (χ4n) is 5.66. The van der Waals surface area contributed by atoms with Crippen molar-refractivity contribution in [1.29, 1.82) is 0 Å². The van der Waals surface area contributed by atoms with Gasteiger partial charge in [-0.1, -0.05) is 33.4 Å². The van der Waals surface area contributed by atoms with Crippen molar-refractivity contribution in [1.82, 2.24) is 9.80 Å². The predicted molar refractivity (Wildman–Crippen MR) is 166 cm³/mol. The van der Waals surface area contributed by atoms with Gasteiger partial charge in [-0.2, -0.15) is 0 Å². The Morgan fingerprint density at radius 2 is 1.74 bits per heavy atom. The summed E-state index contributed by atoms with van der Waals surface area (Å²) in [5.74, 6) is -1.16. The first-order chi connectivity index (χ1) is 20.1. The molecule has 2 fully saturated rings. The van der Waals surface area contributed by atoms with Crippen LogP contribution in [0.15, 0.2) is 35.9 Å². The number of esters is 1. The molecule has 10 heteroatoms. The maximum atomic E-state index is 14.6. The first-order valence-corrected chi connectivity index (χ1v) is 15.1. The van der Waals surface area contributed by atoms with Gasteiger partial charge in [0.15, 0.2) is 0 Å². The first-order valence-electron chi connectivity index (χ1n) is 15.1. The molecule has 2 saturated heterocycles. The van der Waals surface area contributed by atoms with E-state index in [1.54, 1.807) is 4.90 Å². The van der Waals surface area contributed by atoms with Gasteiger partial charge in [-0.15, -0.1) is 0 Å². The molecule has 3 aliphatic rings. The van der Waals surface area contributed by atoms with Gasteiger partial charge in [0.05, 0.1) is 25.7 Å². The van der Waals surface area contributed by atoms with E-state index in [1.807, 2.05) is 52.1 Å². The Balaban J connectivity index is 0.00000506. The maximum Gasteiger partial charge on any atom is 0.410 e. The number of carbonyl (C=O) groups is 2. The van der Waals surface area contributed by atoms with Crippen LogP contribution in [0.25, 0.3) is 6.08 Å². The molecule has 4 rings (SSSR count). The van der Waals surface area contributed by atoms with Gasteiger partial charge in [0, 0.05) is 50.9 Å². The van der Waals surface area contributed by atoms with E-state index in [1.165, 1.54) is 12.1 Å². The standard InChI is InChI=1S/C32H46FN3O6.CH4/c1-22-5-7-28(37)21-30(38)42-31(23(2)6-8-29(22)41-32(39)36-11-9-34(4)10-12-36)24(3)17-25-18-26(33)20-27(19-25)35-13-15-40-16-14-35;/h6,8,17-20,22-23,28-29,31,37H,5,7,9-16,21H2,1-4H3;1H4/b8-6+,24-17+;/t22-,23-,28+,29-,31-;/m0./s1. The normalized spacial score (nSPS) is 29.0. The molecule has 240 valence electrons. The van der Waals surface area contributed by atoms with Crippen LogP contribution >= 0.6 is 0 Å². The van der Waals surface area contributed by atoms with Gasteiger partial charge < -0.3 is 34.0 Å². The van der Waals surface area contributed by atoms with Crippen molar-refractivity contribution in [3.63, 3.8) is 0 Å². The Hall–Kier alpha value is -2.95. The summed E-state index contributed by atoms with van der Waals surface area (Å²) < 4.78 is 32.0. The van der Waals surface area contributed by atoms with Crippen molar-refractivity contribution in [2.45, 2.75) is 65.8 Å². The van der Waals surface area contributed by atoms with Gasteiger partial charge in [0.2, 0.25) is 0 Å². The number of amides is 1. The monoisotopic (exact) mass is 603 g/mol. The molecule has 0 unspecified atom stereocenters. The number of benzene rings is 1. The second-order valence-corrected chi connectivity index (χ2v) is 11.9. The number of morpholine rings is 1. The smallest absolute Gasteiger partial charge is 0.410 e. The third-order valence-corrected chi connectivity index (χ3v) is 8.38. The van der Waals surface area contributed by atoms with E-state index in [2.05, 4.69) is 9.80 Å². The van der Waals surface area contributed by atoms with Crippen LogP contribution in [0, 0.1) is 17.7 Å². The third kappa shape index (κ3) is 10.0. The average molecular weight is 604 g/mol. The molecule has 5 atom stereocenters. The summed E-state index contributed by atoms with van der Waals surface area (Å²) in [6, 6.07) is 4.91. The van der Waals surface area contributed by atoms with Crippen molar-refractivity contribution in [2.24, 2.45) is 11.8 Å². The number of hydrogen-bond donors (Lipinski definition) is 1. The van der Waals surface area contributed by atoms with Crippen molar-refractivity contribution in [3.05, 3.63) is 47.3 Å². The van der Waals surface area contributed by atoms with E-state index in [9.17, 15) is 19.1 Å². The van der Waals surface area contributed by atoms with Gasteiger partial charge in [-0.25, -0.2) is 9.18 Å². The third-order valence-electron chi connectivity index (χ3n) is 8.38. The van der Waals surface area contributed by atoms with Crippen LogP contribution in [0.5, 0.6) is 0 Å². The molecule has 0 bridgehead atoms. The number of halogens is 1. The highest BCUT2D eigenvalue weighted by atomic mass is 19.1. The lowest BCUT2D eigenvalue weighted by atomic mass is 9.91. The molecule has 0 aromatic heterocycles. The number of rotatable bonds is 4. The summed E-state index contributed by atoms with van der Waals surface area (Å²) in [5, 5.41) is 10.6. The molecule has 0 aliphatic carbocycles. The van der Waals surface area contributed by atoms with Crippen LogP contribution in [-0.2, 0) is 19.0 Å². The molecular formula is C33H50FN3O6. The molecule has 1 N–H and O–H groups in total. The number of ether oxygens (including phenoxy) is 3. The maximum absolute atomic E-state index is 14.6. The summed E-state index contributed by atoms with van der Waals surface area (Å²) in [7, 11) is 2.03. The van der Waals surface area contributed by atoms with E-state index in [0.29, 0.717) is 57.8 Å². The quantitative estimate of drug-likeness (QED) is 0.390. The molecular weight excluding hydrogens is 553 g/mol. The van der Waals surface area contributed by atoms with Crippen molar-refractivity contribution in [2.75, 3.05) is 64.4 Å². The number of anilines is 1. The highest BCUT2D eigenvalue weighted by molar-refractivity contribution is 5.71. The fraction of sp³-hybridized carbons (Fsp3) is 0.636. The molecule has 0 spiro atoms. The highest BCUT2D eigenvalue weighted by Gasteiger charge is 2.29. The van der Waals surface area contributed by atoms with Gasteiger partial charge in [-0.05, 0) is 68.1 Å². The SMILES string of the molecule is C.C/C(=C\c1cc(F)cc(N2CCOCC2)c1)[C@H]1OC(=O)C[C@H](O)CC[C@H](C)[C@@H](OC(=O)N2CCN(C)CC2)/C=C/[C@@H]1C. The molecule has 3 aliphatic heterocycles. The van der Waals surface area contributed by atoms with Gasteiger partial charge in [0.25, 0.3) is 0 Å². The Bertz CT molecular complexity index is 1130. The van der Waals surface area contributed by atoms with E-state index in [4.69, 9.17) is 14.2 Å². The fourth-order valence-corrected chi connectivity index (χ4v) is 5.66. The van der Waals surface area contributed by atoms with Crippen LogP contribution in [0.1, 0.15) is 53.0 Å². The minimum absolute atomic E-state index is 0. The number of cyclic esters (lactones) is 1. The lowest BCUT2D eigenvalue weighted by molar-refractivity contribution is -0.151. The number of likely N-dealkylation sites (N-methyl/N-ethyl adjacent to an activating group) is 1. The summed E-state index contributed by atoms with van der Waals surface area (Å²) in [5.41, 5.74) is 2.19. The predicted octanol–water partition coefficient (Wildman–Crippen LogP) is 4.74. The van der Waals surface area contributed by atoms with Gasteiger partial charge in [-0.3, -0.25) is 4.79 Å². The van der Waals surface area contributed by atoms with Crippen molar-refractivity contribution in [3.8, 4) is 0 Å². The second-order valence-electron chi connectivity index (χ2n) is 11.9. The molecule has 9 nitrogen and oxygen atoms in total. The molecule has 1 aromatic rings. The second kappa shape index (κ2) is 16.2. The molecule has 3 heterocycles. The first kappa shape index (κ1) is 34.5. The topological polar surface area (TPSA) is 91.8 Å². The minimum atomic E-state index is -0.864. The lowest BCUT2D eigenvalue weighted by Crippen LogP contribution is -2.48. The number of carbonyl (C=O) groups excluding carboxylic acids is 2. The Morgan fingerprint density at radius 1 is 1.05 bits per heavy atom. The summed E-state index contributed by atoms with van der Waals surface area (Å²) >= 11 is 0. The number of hydrogen-bond acceptors (Lipinski definition) is 8. The summed E-state index contributed by atoms with van der Waals surface area (Å²) in [4.78, 5) is 31.8. The summed E-state index contributed by atoms with van der Waals surface area (Å²) in [6.07, 6.45) is 4.14. The van der Waals surface area contributed by atoms with Crippen molar-refractivity contribution >= 4 is 23.8 Å². The average Bonchev–Trinajstić information content (AvgIpc) is 2.96. The van der Waals surface area contributed by atoms with Gasteiger partial charge >= 0.3 is 12.1 Å². The van der Waals surface area contributed by atoms with Crippen LogP contribution in [0.2, 0.25) is 0 Å². The Morgan fingerprint density at radius 3 is 2.44 bits per heavy atom.